The lowest BCUT2D eigenvalue weighted by atomic mass is 9.88. The van der Waals surface area contributed by atoms with E-state index in [1.807, 2.05) is 30.9 Å². The van der Waals surface area contributed by atoms with Crippen molar-refractivity contribution in [3.63, 3.8) is 0 Å². The standard InChI is InChI=1S/C26H35N3O4/c1-19(2)26(30)28(13-14-33-4)17-23-16-27(15-21-7-11-24(12-8-21)29(31)32)18-25(23)22-9-5-20(3)6-10-22/h5-12,19,23,25H,13-18H2,1-4H3. The lowest BCUT2D eigenvalue weighted by Crippen LogP contribution is -2.41. The third-order valence-electron chi connectivity index (χ3n) is 6.40. The Kier molecular flexibility index (Phi) is 8.58. The highest BCUT2D eigenvalue weighted by Gasteiger charge is 2.36. The largest absolute Gasteiger partial charge is 0.383 e. The number of nitro benzene ring substituents is 1. The highest BCUT2D eigenvalue weighted by atomic mass is 16.6. The summed E-state index contributed by atoms with van der Waals surface area (Å²) in [7, 11) is 1.66. The molecule has 2 unspecified atom stereocenters. The van der Waals surface area contributed by atoms with Gasteiger partial charge in [-0.1, -0.05) is 55.8 Å². The zero-order valence-electron chi connectivity index (χ0n) is 20.1. The first-order valence-corrected chi connectivity index (χ1v) is 11.6. The molecule has 0 radical (unpaired) electrons. The summed E-state index contributed by atoms with van der Waals surface area (Å²) in [6.07, 6.45) is 0. The Morgan fingerprint density at radius 3 is 2.39 bits per heavy atom. The molecule has 1 saturated heterocycles. The lowest BCUT2D eigenvalue weighted by Gasteiger charge is -2.29. The highest BCUT2D eigenvalue weighted by Crippen LogP contribution is 2.34. The van der Waals surface area contributed by atoms with Gasteiger partial charge in [0.05, 0.1) is 11.5 Å². The molecule has 33 heavy (non-hydrogen) atoms. The lowest BCUT2D eigenvalue weighted by molar-refractivity contribution is -0.384. The molecule has 0 saturated carbocycles. The van der Waals surface area contributed by atoms with Gasteiger partial charge in [0.2, 0.25) is 5.91 Å². The average molecular weight is 454 g/mol. The minimum Gasteiger partial charge on any atom is -0.383 e. The number of aryl methyl sites for hydroxylation is 1. The van der Waals surface area contributed by atoms with Crippen molar-refractivity contribution in [3.05, 3.63) is 75.3 Å². The molecule has 3 rings (SSSR count). The van der Waals surface area contributed by atoms with Crippen LogP contribution in [0.2, 0.25) is 0 Å². The van der Waals surface area contributed by atoms with Crippen LogP contribution >= 0.6 is 0 Å². The fourth-order valence-electron chi connectivity index (χ4n) is 4.59. The summed E-state index contributed by atoms with van der Waals surface area (Å²) in [4.78, 5) is 27.8. The minimum absolute atomic E-state index is 0.0581. The molecule has 0 bridgehead atoms. The van der Waals surface area contributed by atoms with Gasteiger partial charge in [0.15, 0.2) is 0 Å². The van der Waals surface area contributed by atoms with Gasteiger partial charge >= 0.3 is 0 Å². The van der Waals surface area contributed by atoms with Crippen molar-refractivity contribution in [2.75, 3.05) is 39.9 Å². The first-order chi connectivity index (χ1) is 15.8. The van der Waals surface area contributed by atoms with E-state index in [-0.39, 0.29) is 22.4 Å². The molecule has 0 N–H and O–H groups in total. The number of amides is 1. The Morgan fingerprint density at radius 1 is 1.15 bits per heavy atom. The third kappa shape index (κ3) is 6.62. The van der Waals surface area contributed by atoms with E-state index in [0.29, 0.717) is 31.5 Å². The Balaban J connectivity index is 1.79. The third-order valence-corrected chi connectivity index (χ3v) is 6.40. The van der Waals surface area contributed by atoms with Crippen molar-refractivity contribution in [1.82, 2.24) is 9.80 Å². The summed E-state index contributed by atoms with van der Waals surface area (Å²) in [5.41, 5.74) is 3.68. The van der Waals surface area contributed by atoms with Crippen LogP contribution in [0.3, 0.4) is 0 Å². The molecule has 1 fully saturated rings. The minimum atomic E-state index is -0.372. The maximum absolute atomic E-state index is 12.9. The predicted molar refractivity (Wildman–Crippen MR) is 129 cm³/mol. The van der Waals surface area contributed by atoms with Gasteiger partial charge in [0.1, 0.15) is 0 Å². The number of likely N-dealkylation sites (tertiary alicyclic amines) is 1. The summed E-state index contributed by atoms with van der Waals surface area (Å²) >= 11 is 0. The average Bonchev–Trinajstić information content (AvgIpc) is 3.18. The number of non-ortho nitro benzene ring substituents is 1. The Morgan fingerprint density at radius 2 is 1.82 bits per heavy atom. The number of hydrogen-bond donors (Lipinski definition) is 0. The number of rotatable bonds is 10. The molecule has 2 atom stereocenters. The predicted octanol–water partition coefficient (Wildman–Crippen LogP) is 4.25. The molecule has 2 aromatic rings. The van der Waals surface area contributed by atoms with E-state index in [1.165, 1.54) is 11.1 Å². The zero-order valence-corrected chi connectivity index (χ0v) is 20.1. The van der Waals surface area contributed by atoms with Crippen LogP contribution in [0.4, 0.5) is 5.69 Å². The molecule has 7 heteroatoms. The normalized spacial score (nSPS) is 18.6. The zero-order chi connectivity index (χ0) is 24.0. The van der Waals surface area contributed by atoms with Gasteiger partial charge in [0, 0.05) is 63.8 Å². The fourth-order valence-corrected chi connectivity index (χ4v) is 4.59. The molecular formula is C26H35N3O4. The maximum atomic E-state index is 12.9. The second kappa shape index (κ2) is 11.4. The molecule has 1 aliphatic rings. The number of nitro groups is 1. The van der Waals surface area contributed by atoms with E-state index in [2.05, 4.69) is 36.1 Å². The van der Waals surface area contributed by atoms with E-state index in [4.69, 9.17) is 4.74 Å². The first kappa shape index (κ1) is 24.9. The van der Waals surface area contributed by atoms with Gasteiger partial charge in [-0.25, -0.2) is 0 Å². The van der Waals surface area contributed by atoms with Crippen LogP contribution in [0.15, 0.2) is 48.5 Å². The quantitative estimate of drug-likeness (QED) is 0.397. The molecule has 0 aliphatic carbocycles. The van der Waals surface area contributed by atoms with Crippen LogP contribution in [0.5, 0.6) is 0 Å². The number of carbonyl (C=O) groups excluding carboxylic acids is 1. The van der Waals surface area contributed by atoms with Crippen LogP contribution in [-0.4, -0.2) is 60.5 Å². The summed E-state index contributed by atoms with van der Waals surface area (Å²) < 4.78 is 5.27. The number of hydrogen-bond acceptors (Lipinski definition) is 5. The van der Waals surface area contributed by atoms with Crippen LogP contribution in [0.25, 0.3) is 0 Å². The summed E-state index contributed by atoms with van der Waals surface area (Å²) in [5, 5.41) is 11.0. The number of carbonyl (C=O) groups is 1. The van der Waals surface area contributed by atoms with Crippen molar-refractivity contribution >= 4 is 11.6 Å². The number of methoxy groups -OCH3 is 1. The molecular weight excluding hydrogens is 418 g/mol. The maximum Gasteiger partial charge on any atom is 0.269 e. The van der Waals surface area contributed by atoms with Gasteiger partial charge < -0.3 is 9.64 Å². The highest BCUT2D eigenvalue weighted by molar-refractivity contribution is 5.78. The van der Waals surface area contributed by atoms with E-state index in [0.717, 1.165) is 25.2 Å². The summed E-state index contributed by atoms with van der Waals surface area (Å²) in [5.74, 6) is 0.708. The summed E-state index contributed by atoms with van der Waals surface area (Å²) in [6.45, 7) is 10.3. The van der Waals surface area contributed by atoms with Gasteiger partial charge in [-0.2, -0.15) is 0 Å². The Bertz CT molecular complexity index is 928. The van der Waals surface area contributed by atoms with E-state index in [9.17, 15) is 14.9 Å². The van der Waals surface area contributed by atoms with E-state index >= 15 is 0 Å². The molecule has 0 spiro atoms. The molecule has 1 heterocycles. The molecule has 1 aliphatic heterocycles. The van der Waals surface area contributed by atoms with Crippen molar-refractivity contribution in [2.24, 2.45) is 11.8 Å². The SMILES string of the molecule is COCCN(CC1CN(Cc2ccc([N+](=O)[O-])cc2)CC1c1ccc(C)cc1)C(=O)C(C)C. The number of nitrogens with zero attached hydrogens (tertiary/aromatic N) is 3. The Hall–Kier alpha value is -2.77. The van der Waals surface area contributed by atoms with Crippen molar-refractivity contribution in [1.29, 1.82) is 0 Å². The second-order valence-corrected chi connectivity index (χ2v) is 9.33. The molecule has 2 aromatic carbocycles. The fraction of sp³-hybridized carbons (Fsp3) is 0.500. The van der Waals surface area contributed by atoms with Crippen LogP contribution in [0, 0.1) is 28.9 Å². The first-order valence-electron chi connectivity index (χ1n) is 11.6. The molecule has 178 valence electrons. The van der Waals surface area contributed by atoms with Crippen LogP contribution in [0.1, 0.15) is 36.5 Å². The van der Waals surface area contributed by atoms with E-state index < -0.39 is 0 Å². The molecule has 0 aromatic heterocycles. The van der Waals surface area contributed by atoms with Crippen molar-refractivity contribution < 1.29 is 14.5 Å². The van der Waals surface area contributed by atoms with Crippen molar-refractivity contribution in [2.45, 2.75) is 33.2 Å². The van der Waals surface area contributed by atoms with Crippen molar-refractivity contribution in [3.8, 4) is 0 Å². The molecule has 7 nitrogen and oxygen atoms in total. The monoisotopic (exact) mass is 453 g/mol. The Labute approximate surface area is 196 Å². The van der Waals surface area contributed by atoms with Gasteiger partial charge in [0.25, 0.3) is 5.69 Å². The summed E-state index contributed by atoms with van der Waals surface area (Å²) in [6, 6.07) is 15.5. The van der Waals surface area contributed by atoms with Gasteiger partial charge in [-0.15, -0.1) is 0 Å². The topological polar surface area (TPSA) is 75.9 Å². The smallest absolute Gasteiger partial charge is 0.269 e. The van der Waals surface area contributed by atoms with E-state index in [1.54, 1.807) is 19.2 Å². The number of benzene rings is 2. The molecule has 1 amide bonds. The van der Waals surface area contributed by atoms with Gasteiger partial charge in [-0.05, 0) is 24.0 Å². The van der Waals surface area contributed by atoms with Crippen LogP contribution < -0.4 is 0 Å². The second-order valence-electron chi connectivity index (χ2n) is 9.33. The van der Waals surface area contributed by atoms with Gasteiger partial charge in [-0.3, -0.25) is 19.8 Å². The van der Waals surface area contributed by atoms with Crippen LogP contribution in [-0.2, 0) is 16.1 Å². The number of ether oxygens (including phenoxy) is 1.